The van der Waals surface area contributed by atoms with E-state index in [1.165, 1.54) is 0 Å². The molecule has 3 rings (SSSR count). The highest BCUT2D eigenvalue weighted by molar-refractivity contribution is 7.89. The average molecular weight is 470 g/mol. The van der Waals surface area contributed by atoms with Crippen LogP contribution < -0.4 is 20.5 Å². The van der Waals surface area contributed by atoms with E-state index in [9.17, 15) is 13.2 Å². The van der Waals surface area contributed by atoms with Gasteiger partial charge in [0.2, 0.25) is 15.9 Å². The first-order valence-electron chi connectivity index (χ1n) is 11.1. The van der Waals surface area contributed by atoms with Crippen molar-refractivity contribution in [3.63, 3.8) is 0 Å². The molecule has 0 spiro atoms. The molecule has 0 heterocycles. The Bertz CT molecular complexity index is 1210. The van der Waals surface area contributed by atoms with Crippen molar-refractivity contribution in [2.75, 3.05) is 13.2 Å². The lowest BCUT2D eigenvalue weighted by molar-refractivity contribution is -0.123. The van der Waals surface area contributed by atoms with E-state index in [1.807, 2.05) is 50.2 Å². The van der Waals surface area contributed by atoms with Crippen LogP contribution in [0.3, 0.4) is 0 Å². The van der Waals surface area contributed by atoms with Gasteiger partial charge in [-0.25, -0.2) is 8.42 Å². The number of fused-ring (bicyclic) bond motifs is 1. The van der Waals surface area contributed by atoms with Crippen LogP contribution in [-0.4, -0.2) is 33.5 Å². The number of rotatable bonds is 11. The Kier molecular flexibility index (Phi) is 8.43. The standard InChI is InChI=1S/C25H31N3O4S/c1-3-32-23-13-7-4-9-19(23)17-27-25(29)22(12-8-16-26)28-33(30,31)24-15-14-18(2)20-10-5-6-11-21(20)24/h4-7,9-11,13-15,22,28H,3,8,12,16-17,26H2,1-2H3,(H,27,29). The van der Waals surface area contributed by atoms with Gasteiger partial charge in [-0.15, -0.1) is 0 Å². The molecule has 0 radical (unpaired) electrons. The van der Waals surface area contributed by atoms with Crippen LogP contribution in [0, 0.1) is 6.92 Å². The van der Waals surface area contributed by atoms with Gasteiger partial charge in [0.15, 0.2) is 0 Å². The van der Waals surface area contributed by atoms with Crippen LogP contribution in [-0.2, 0) is 21.4 Å². The van der Waals surface area contributed by atoms with E-state index >= 15 is 0 Å². The molecule has 0 aliphatic rings. The third kappa shape index (κ3) is 6.10. The number of para-hydroxylation sites is 1. The van der Waals surface area contributed by atoms with Crippen molar-refractivity contribution >= 4 is 26.7 Å². The molecule has 33 heavy (non-hydrogen) atoms. The maximum absolute atomic E-state index is 13.3. The van der Waals surface area contributed by atoms with Crippen LogP contribution in [0.4, 0.5) is 0 Å². The number of hydrogen-bond acceptors (Lipinski definition) is 5. The third-order valence-electron chi connectivity index (χ3n) is 5.43. The van der Waals surface area contributed by atoms with Crippen molar-refractivity contribution in [2.24, 2.45) is 5.73 Å². The minimum Gasteiger partial charge on any atom is -0.494 e. The summed E-state index contributed by atoms with van der Waals surface area (Å²) >= 11 is 0. The molecule has 8 heteroatoms. The molecule has 3 aromatic carbocycles. The number of hydrogen-bond donors (Lipinski definition) is 3. The predicted octanol–water partition coefficient (Wildman–Crippen LogP) is 3.25. The summed E-state index contributed by atoms with van der Waals surface area (Å²) in [6.07, 6.45) is 0.795. The molecule has 176 valence electrons. The van der Waals surface area contributed by atoms with Gasteiger partial charge >= 0.3 is 0 Å². The lowest BCUT2D eigenvalue weighted by Gasteiger charge is -2.20. The molecule has 0 aromatic heterocycles. The zero-order valence-corrected chi connectivity index (χ0v) is 19.8. The second kappa shape index (κ2) is 11.3. The van der Waals surface area contributed by atoms with Crippen LogP contribution in [0.5, 0.6) is 5.75 Å². The van der Waals surface area contributed by atoms with Gasteiger partial charge in [-0.2, -0.15) is 4.72 Å². The van der Waals surface area contributed by atoms with Crippen molar-refractivity contribution < 1.29 is 17.9 Å². The molecule has 0 aliphatic heterocycles. The van der Waals surface area contributed by atoms with Gasteiger partial charge < -0.3 is 15.8 Å². The smallest absolute Gasteiger partial charge is 0.241 e. The third-order valence-corrected chi connectivity index (χ3v) is 6.96. The van der Waals surface area contributed by atoms with Crippen LogP contribution in [0.15, 0.2) is 65.6 Å². The lowest BCUT2D eigenvalue weighted by Crippen LogP contribution is -2.46. The van der Waals surface area contributed by atoms with Crippen molar-refractivity contribution in [3.8, 4) is 5.75 Å². The summed E-state index contributed by atoms with van der Waals surface area (Å²) in [7, 11) is -3.95. The van der Waals surface area contributed by atoms with Crippen molar-refractivity contribution in [2.45, 2.75) is 44.2 Å². The number of amides is 1. The maximum Gasteiger partial charge on any atom is 0.241 e. The fourth-order valence-corrected chi connectivity index (χ4v) is 5.17. The zero-order chi connectivity index (χ0) is 23.8. The minimum atomic E-state index is -3.95. The second-order valence-corrected chi connectivity index (χ2v) is 9.47. The number of benzene rings is 3. The quantitative estimate of drug-likeness (QED) is 0.399. The van der Waals surface area contributed by atoms with E-state index in [1.54, 1.807) is 24.3 Å². The average Bonchev–Trinajstić information content (AvgIpc) is 2.81. The van der Waals surface area contributed by atoms with Crippen molar-refractivity contribution in [3.05, 3.63) is 71.8 Å². The number of sulfonamides is 1. The van der Waals surface area contributed by atoms with Gasteiger partial charge in [-0.05, 0) is 56.3 Å². The molecule has 0 bridgehead atoms. The van der Waals surface area contributed by atoms with E-state index in [2.05, 4.69) is 10.0 Å². The highest BCUT2D eigenvalue weighted by Crippen LogP contribution is 2.26. The first-order chi connectivity index (χ1) is 15.9. The Morgan fingerprint density at radius 2 is 1.73 bits per heavy atom. The predicted molar refractivity (Wildman–Crippen MR) is 131 cm³/mol. The van der Waals surface area contributed by atoms with Crippen molar-refractivity contribution in [1.29, 1.82) is 0 Å². The Labute approximate surface area is 195 Å². The minimum absolute atomic E-state index is 0.149. The summed E-state index contributed by atoms with van der Waals surface area (Å²) in [5, 5.41) is 4.32. The Morgan fingerprint density at radius 1 is 1.03 bits per heavy atom. The molecule has 3 aromatic rings. The summed E-state index contributed by atoms with van der Waals surface area (Å²) in [6.45, 7) is 4.91. The maximum atomic E-state index is 13.3. The molecule has 1 amide bonds. The number of ether oxygens (including phenoxy) is 1. The van der Waals surface area contributed by atoms with Gasteiger partial charge in [0.25, 0.3) is 0 Å². The van der Waals surface area contributed by atoms with Crippen LogP contribution in [0.2, 0.25) is 0 Å². The monoisotopic (exact) mass is 469 g/mol. The molecule has 0 fully saturated rings. The summed E-state index contributed by atoms with van der Waals surface area (Å²) in [5.41, 5.74) is 7.43. The fourth-order valence-electron chi connectivity index (χ4n) is 3.72. The Balaban J connectivity index is 1.82. The first-order valence-corrected chi connectivity index (χ1v) is 12.5. The van der Waals surface area contributed by atoms with Crippen LogP contribution >= 0.6 is 0 Å². The number of aryl methyl sites for hydroxylation is 1. The highest BCUT2D eigenvalue weighted by Gasteiger charge is 2.27. The molecular formula is C25H31N3O4S. The number of carbonyl (C=O) groups is 1. The van der Waals surface area contributed by atoms with E-state index in [4.69, 9.17) is 10.5 Å². The van der Waals surface area contributed by atoms with Gasteiger partial charge in [0.1, 0.15) is 11.8 Å². The first kappa shape index (κ1) is 24.7. The summed E-state index contributed by atoms with van der Waals surface area (Å²) in [6, 6.07) is 17.2. The molecule has 1 unspecified atom stereocenters. The Morgan fingerprint density at radius 3 is 2.45 bits per heavy atom. The highest BCUT2D eigenvalue weighted by atomic mass is 32.2. The van der Waals surface area contributed by atoms with Crippen molar-refractivity contribution in [1.82, 2.24) is 10.0 Å². The van der Waals surface area contributed by atoms with Crippen LogP contribution in [0.25, 0.3) is 10.8 Å². The normalized spacial score (nSPS) is 12.5. The van der Waals surface area contributed by atoms with E-state index in [-0.39, 0.29) is 11.4 Å². The molecule has 1 atom stereocenters. The SMILES string of the molecule is CCOc1ccccc1CNC(=O)C(CCCN)NS(=O)(=O)c1ccc(C)c2ccccc12. The van der Waals surface area contributed by atoms with Crippen LogP contribution in [0.1, 0.15) is 30.9 Å². The van der Waals surface area contributed by atoms with Gasteiger partial charge in [-0.1, -0.05) is 48.5 Å². The number of nitrogens with one attached hydrogen (secondary N) is 2. The summed E-state index contributed by atoms with van der Waals surface area (Å²) < 4.78 is 34.8. The Hall–Kier alpha value is -2.94. The number of carbonyl (C=O) groups excluding carboxylic acids is 1. The fraction of sp³-hybridized carbons (Fsp3) is 0.320. The number of nitrogens with two attached hydrogens (primary N) is 1. The largest absolute Gasteiger partial charge is 0.494 e. The summed E-state index contributed by atoms with van der Waals surface area (Å²) in [4.78, 5) is 13.1. The topological polar surface area (TPSA) is 111 Å². The molecule has 0 saturated heterocycles. The molecular weight excluding hydrogens is 438 g/mol. The molecule has 7 nitrogen and oxygen atoms in total. The molecule has 0 aliphatic carbocycles. The second-order valence-electron chi connectivity index (χ2n) is 7.79. The van der Waals surface area contributed by atoms with Gasteiger partial charge in [0, 0.05) is 17.5 Å². The van der Waals surface area contributed by atoms with E-state index < -0.39 is 22.0 Å². The zero-order valence-electron chi connectivity index (χ0n) is 19.0. The molecule has 0 saturated carbocycles. The van der Waals surface area contributed by atoms with Gasteiger partial charge in [-0.3, -0.25) is 4.79 Å². The lowest BCUT2D eigenvalue weighted by atomic mass is 10.1. The van der Waals surface area contributed by atoms with Gasteiger partial charge in [0.05, 0.1) is 11.5 Å². The molecule has 4 N–H and O–H groups in total. The van der Waals surface area contributed by atoms with E-state index in [0.29, 0.717) is 37.1 Å². The summed E-state index contributed by atoms with van der Waals surface area (Å²) in [5.74, 6) is 0.278. The van der Waals surface area contributed by atoms with E-state index in [0.717, 1.165) is 16.5 Å².